The average Bonchev–Trinajstić information content (AvgIpc) is 2.52. The van der Waals surface area contributed by atoms with Crippen LogP contribution in [0.25, 0.3) is 0 Å². The van der Waals surface area contributed by atoms with E-state index in [4.69, 9.17) is 5.11 Å². The summed E-state index contributed by atoms with van der Waals surface area (Å²) in [4.78, 5) is 10.9. The van der Waals surface area contributed by atoms with E-state index in [9.17, 15) is 4.79 Å². The summed E-state index contributed by atoms with van der Waals surface area (Å²) >= 11 is 0. The highest BCUT2D eigenvalue weighted by Gasteiger charge is 2.00. The van der Waals surface area contributed by atoms with Crippen molar-refractivity contribution in [1.29, 1.82) is 0 Å². The lowest BCUT2D eigenvalue weighted by atomic mass is 10.7. The van der Waals surface area contributed by atoms with Gasteiger partial charge in [-0.3, -0.25) is 0 Å². The fraction of sp³-hybridized carbons (Fsp3) is 0.333. The van der Waals surface area contributed by atoms with Crippen LogP contribution in [0.15, 0.2) is 18.5 Å². The first kappa shape index (κ1) is 7.74. The van der Waals surface area contributed by atoms with E-state index in [0.29, 0.717) is 0 Å². The zero-order valence-electron chi connectivity index (χ0n) is 5.90. The van der Waals surface area contributed by atoms with Gasteiger partial charge in [0.05, 0.1) is 6.61 Å². The van der Waals surface area contributed by atoms with Gasteiger partial charge in [0, 0.05) is 18.9 Å². The number of carbonyl (C=O) groups is 1. The van der Waals surface area contributed by atoms with Crippen LogP contribution in [0, 0.1) is 0 Å². The minimum absolute atomic E-state index is 0.0625. The quantitative estimate of drug-likeness (QED) is 0.601. The molecule has 0 unspecified atom stereocenters. The Morgan fingerprint density at radius 2 is 2.55 bits per heavy atom. The molecule has 0 bridgehead atoms. The van der Waals surface area contributed by atoms with E-state index in [1.165, 1.54) is 12.4 Å². The van der Waals surface area contributed by atoms with Gasteiger partial charge >= 0.3 is 6.03 Å². The molecule has 0 aliphatic carbocycles. The Kier molecular flexibility index (Phi) is 2.62. The minimum atomic E-state index is -0.330. The molecule has 1 amide bonds. The highest BCUT2D eigenvalue weighted by molar-refractivity contribution is 5.75. The number of aliphatic hydroxyl groups is 1. The van der Waals surface area contributed by atoms with Gasteiger partial charge in [-0.2, -0.15) is 9.78 Å². The Morgan fingerprint density at radius 1 is 1.73 bits per heavy atom. The Morgan fingerprint density at radius 3 is 3.09 bits per heavy atom. The predicted octanol–water partition coefficient (Wildman–Crippen LogP) is -0.567. The summed E-state index contributed by atoms with van der Waals surface area (Å²) in [5, 5.41) is 14.5. The van der Waals surface area contributed by atoms with Crippen molar-refractivity contribution >= 4 is 6.03 Å². The third-order valence-corrected chi connectivity index (χ3v) is 1.10. The number of rotatable bonds is 2. The molecule has 0 spiro atoms. The maximum atomic E-state index is 10.9. The Labute approximate surface area is 63.6 Å². The first-order chi connectivity index (χ1) is 5.34. The summed E-state index contributed by atoms with van der Waals surface area (Å²) in [6, 6.07) is 1.32. The van der Waals surface area contributed by atoms with Crippen molar-refractivity contribution in [3.8, 4) is 0 Å². The molecule has 2 N–H and O–H groups in total. The van der Waals surface area contributed by atoms with Crippen LogP contribution < -0.4 is 5.32 Å². The molecule has 0 saturated heterocycles. The van der Waals surface area contributed by atoms with E-state index >= 15 is 0 Å². The van der Waals surface area contributed by atoms with Gasteiger partial charge < -0.3 is 10.4 Å². The molecule has 0 aliphatic rings. The maximum Gasteiger partial charge on any atom is 0.342 e. The summed E-state index contributed by atoms with van der Waals surface area (Å²) in [6.07, 6.45) is 3.05. The van der Waals surface area contributed by atoms with Crippen LogP contribution in [0.3, 0.4) is 0 Å². The average molecular weight is 155 g/mol. The van der Waals surface area contributed by atoms with Crippen LogP contribution in [0.5, 0.6) is 0 Å². The third kappa shape index (κ3) is 2.05. The molecule has 1 rings (SSSR count). The van der Waals surface area contributed by atoms with Gasteiger partial charge in [-0.1, -0.05) is 0 Å². The summed E-state index contributed by atoms with van der Waals surface area (Å²) in [5.41, 5.74) is 0. The SMILES string of the molecule is O=C(NCCO)n1cccn1. The Bertz CT molecular complexity index is 220. The molecule has 1 aromatic rings. The maximum absolute atomic E-state index is 10.9. The molecule has 0 radical (unpaired) electrons. The fourth-order valence-corrected chi connectivity index (χ4v) is 0.633. The van der Waals surface area contributed by atoms with Crippen LogP contribution in [0.4, 0.5) is 4.79 Å². The number of nitrogens with zero attached hydrogens (tertiary/aromatic N) is 2. The second kappa shape index (κ2) is 3.72. The van der Waals surface area contributed by atoms with Crippen LogP contribution in [0.2, 0.25) is 0 Å². The number of aromatic nitrogens is 2. The summed E-state index contributed by atoms with van der Waals surface area (Å²) in [6.45, 7) is 0.186. The molecule has 1 aromatic heterocycles. The van der Waals surface area contributed by atoms with Gasteiger partial charge in [-0.05, 0) is 6.07 Å². The molecule has 5 nitrogen and oxygen atoms in total. The van der Waals surface area contributed by atoms with E-state index in [1.807, 2.05) is 0 Å². The van der Waals surface area contributed by atoms with Crippen molar-refractivity contribution in [2.75, 3.05) is 13.2 Å². The zero-order valence-corrected chi connectivity index (χ0v) is 5.90. The van der Waals surface area contributed by atoms with Crippen molar-refractivity contribution in [3.05, 3.63) is 18.5 Å². The zero-order chi connectivity index (χ0) is 8.10. The number of carbonyl (C=O) groups excluding carboxylic acids is 1. The standard InChI is InChI=1S/C6H9N3O2/c10-5-3-7-6(11)9-4-1-2-8-9/h1-2,4,10H,3,5H2,(H,7,11). The van der Waals surface area contributed by atoms with Crippen LogP contribution in [0.1, 0.15) is 0 Å². The first-order valence-corrected chi connectivity index (χ1v) is 3.23. The highest BCUT2D eigenvalue weighted by atomic mass is 16.3. The summed E-state index contributed by atoms with van der Waals surface area (Å²) in [5.74, 6) is 0. The highest BCUT2D eigenvalue weighted by Crippen LogP contribution is 1.81. The van der Waals surface area contributed by atoms with Gasteiger partial charge in [-0.25, -0.2) is 4.79 Å². The Balaban J connectivity index is 2.43. The molecule has 5 heteroatoms. The lowest BCUT2D eigenvalue weighted by Gasteiger charge is -2.00. The van der Waals surface area contributed by atoms with E-state index in [-0.39, 0.29) is 19.2 Å². The van der Waals surface area contributed by atoms with Gasteiger partial charge in [0.15, 0.2) is 0 Å². The second-order valence-corrected chi connectivity index (χ2v) is 1.91. The number of nitrogens with one attached hydrogen (secondary N) is 1. The van der Waals surface area contributed by atoms with Gasteiger partial charge in [0.1, 0.15) is 0 Å². The van der Waals surface area contributed by atoms with Crippen molar-refractivity contribution < 1.29 is 9.90 Å². The van der Waals surface area contributed by atoms with E-state index < -0.39 is 0 Å². The topological polar surface area (TPSA) is 67.2 Å². The number of hydrogen-bond donors (Lipinski definition) is 2. The molecule has 11 heavy (non-hydrogen) atoms. The summed E-state index contributed by atoms with van der Waals surface area (Å²) in [7, 11) is 0. The summed E-state index contributed by atoms with van der Waals surface area (Å²) < 4.78 is 1.16. The molecule has 0 saturated carbocycles. The first-order valence-electron chi connectivity index (χ1n) is 3.23. The largest absolute Gasteiger partial charge is 0.395 e. The second-order valence-electron chi connectivity index (χ2n) is 1.91. The molecule has 0 atom stereocenters. The number of hydrogen-bond acceptors (Lipinski definition) is 3. The third-order valence-electron chi connectivity index (χ3n) is 1.10. The molecular formula is C6H9N3O2. The molecule has 0 aromatic carbocycles. The lowest BCUT2D eigenvalue weighted by molar-refractivity contribution is 0.233. The van der Waals surface area contributed by atoms with Crippen molar-refractivity contribution in [1.82, 2.24) is 15.1 Å². The van der Waals surface area contributed by atoms with Gasteiger partial charge in [-0.15, -0.1) is 0 Å². The van der Waals surface area contributed by atoms with E-state index in [0.717, 1.165) is 4.68 Å². The number of aliphatic hydroxyl groups excluding tert-OH is 1. The van der Waals surface area contributed by atoms with Crippen LogP contribution in [-0.2, 0) is 0 Å². The molecule has 60 valence electrons. The van der Waals surface area contributed by atoms with E-state index in [1.54, 1.807) is 6.07 Å². The molecular weight excluding hydrogens is 146 g/mol. The molecule has 0 aliphatic heterocycles. The number of amides is 1. The van der Waals surface area contributed by atoms with Crippen LogP contribution in [-0.4, -0.2) is 34.1 Å². The molecule has 1 heterocycles. The predicted molar refractivity (Wildman–Crippen MR) is 38.1 cm³/mol. The van der Waals surface area contributed by atoms with Crippen molar-refractivity contribution in [2.45, 2.75) is 0 Å². The van der Waals surface area contributed by atoms with Gasteiger partial charge in [0.25, 0.3) is 0 Å². The Hall–Kier alpha value is -1.36. The van der Waals surface area contributed by atoms with Gasteiger partial charge in [0.2, 0.25) is 0 Å². The monoisotopic (exact) mass is 155 g/mol. The smallest absolute Gasteiger partial charge is 0.342 e. The van der Waals surface area contributed by atoms with Crippen molar-refractivity contribution in [3.63, 3.8) is 0 Å². The fourth-order valence-electron chi connectivity index (χ4n) is 0.633. The lowest BCUT2D eigenvalue weighted by Crippen LogP contribution is -2.31. The van der Waals surface area contributed by atoms with E-state index in [2.05, 4.69) is 10.4 Å². The van der Waals surface area contributed by atoms with Crippen molar-refractivity contribution in [2.24, 2.45) is 0 Å². The van der Waals surface area contributed by atoms with Crippen LogP contribution >= 0.6 is 0 Å². The normalized spacial score (nSPS) is 9.55. The molecule has 0 fully saturated rings. The minimum Gasteiger partial charge on any atom is -0.395 e.